The number of aliphatic hydroxyl groups excluding tert-OH is 1. The van der Waals surface area contributed by atoms with Gasteiger partial charge in [-0.15, -0.1) is 6.58 Å². The third kappa shape index (κ3) is 1.96. The van der Waals surface area contributed by atoms with Crippen LogP contribution < -0.4 is 0 Å². The lowest BCUT2D eigenvalue weighted by Crippen LogP contribution is -2.57. The number of ketones is 1. The number of carbonyl (C=O) groups excluding carboxylic acids is 1. The van der Waals surface area contributed by atoms with Gasteiger partial charge < -0.3 is 9.84 Å². The number of aliphatic hydroxyl groups is 1. The molecule has 4 saturated carbocycles. The zero-order valence-corrected chi connectivity index (χ0v) is 16.8. The molecule has 4 unspecified atom stereocenters. The van der Waals surface area contributed by atoms with Crippen molar-refractivity contribution in [2.45, 2.75) is 63.8 Å². The number of fused-ring (bicyclic) bond motifs is 9. The van der Waals surface area contributed by atoms with Crippen LogP contribution in [0.1, 0.15) is 51.9 Å². The zero-order chi connectivity index (χ0) is 19.3. The summed E-state index contributed by atoms with van der Waals surface area (Å²) < 4.78 is 6.36. The Hall–Kier alpha value is -1.19. The normalized spacial score (nSPS) is 55.9. The fourth-order valence-electron chi connectivity index (χ4n) is 9.00. The standard InChI is InChI=1S/C25H32O3/c1-3-14-11-15-12-16(26)5-6-17(15)18-7-9-24(4-2)23(22(14)18)19-13-20(19)25(24)10-8-21(27)28-25/h3,8,10,12,14,17-23,27H,1,4-7,9,11,13H2,2H3/t14-,17+,18?,19-,20+,21?,22?,23?,24+,25+/m1/s1. The molecular formula is C25H32O3. The highest BCUT2D eigenvalue weighted by molar-refractivity contribution is 5.91. The molecule has 0 radical (unpaired) electrons. The summed E-state index contributed by atoms with van der Waals surface area (Å²) in [4.78, 5) is 12.1. The van der Waals surface area contributed by atoms with Gasteiger partial charge in [0.05, 0.1) is 5.60 Å². The number of hydrogen-bond acceptors (Lipinski definition) is 3. The van der Waals surface area contributed by atoms with Gasteiger partial charge >= 0.3 is 0 Å². The molecule has 0 bridgehead atoms. The third-order valence-corrected chi connectivity index (χ3v) is 9.87. The molecule has 0 aromatic rings. The summed E-state index contributed by atoms with van der Waals surface area (Å²) in [7, 11) is 0. The number of ether oxygens (including phenoxy) is 1. The Labute approximate surface area is 167 Å². The fraction of sp³-hybridized carbons (Fsp3) is 0.720. The van der Waals surface area contributed by atoms with Crippen molar-refractivity contribution in [3.05, 3.63) is 36.5 Å². The third-order valence-electron chi connectivity index (χ3n) is 9.87. The summed E-state index contributed by atoms with van der Waals surface area (Å²) in [5.74, 6) is 4.73. The first-order chi connectivity index (χ1) is 13.5. The molecule has 1 aliphatic heterocycles. The van der Waals surface area contributed by atoms with E-state index < -0.39 is 6.29 Å². The van der Waals surface area contributed by atoms with Crippen molar-refractivity contribution in [2.75, 3.05) is 0 Å². The van der Waals surface area contributed by atoms with Crippen molar-refractivity contribution in [3.8, 4) is 0 Å². The minimum absolute atomic E-state index is 0.155. The Morgan fingerprint density at radius 2 is 2.21 bits per heavy atom. The summed E-state index contributed by atoms with van der Waals surface area (Å²) in [6.45, 7) is 6.58. The van der Waals surface area contributed by atoms with Crippen LogP contribution in [0, 0.1) is 46.8 Å². The summed E-state index contributed by atoms with van der Waals surface area (Å²) in [5, 5.41) is 10.2. The van der Waals surface area contributed by atoms with Crippen LogP contribution in [0.4, 0.5) is 0 Å². The second-order valence-corrected chi connectivity index (χ2v) is 10.4. The molecular weight excluding hydrogens is 348 g/mol. The van der Waals surface area contributed by atoms with Crippen LogP contribution in [0.5, 0.6) is 0 Å². The first kappa shape index (κ1) is 17.7. The maximum absolute atomic E-state index is 12.1. The van der Waals surface area contributed by atoms with Gasteiger partial charge in [-0.2, -0.15) is 0 Å². The predicted octanol–water partition coefficient (Wildman–Crippen LogP) is 4.43. The number of allylic oxidation sites excluding steroid dienone is 2. The van der Waals surface area contributed by atoms with E-state index in [4.69, 9.17) is 4.74 Å². The lowest BCUT2D eigenvalue weighted by atomic mass is 9.46. The maximum atomic E-state index is 12.1. The van der Waals surface area contributed by atoms with Crippen LogP contribution in [0.3, 0.4) is 0 Å². The largest absolute Gasteiger partial charge is 0.365 e. The van der Waals surface area contributed by atoms with Gasteiger partial charge in [0.25, 0.3) is 0 Å². The lowest BCUT2D eigenvalue weighted by Gasteiger charge is -2.60. The average molecular weight is 381 g/mol. The second-order valence-electron chi connectivity index (χ2n) is 10.4. The van der Waals surface area contributed by atoms with Gasteiger partial charge in [0, 0.05) is 11.8 Å². The first-order valence-electron chi connectivity index (χ1n) is 11.5. The topological polar surface area (TPSA) is 46.5 Å². The quantitative estimate of drug-likeness (QED) is 0.721. The predicted molar refractivity (Wildman–Crippen MR) is 107 cm³/mol. The fourth-order valence-corrected chi connectivity index (χ4v) is 9.00. The van der Waals surface area contributed by atoms with E-state index in [-0.39, 0.29) is 11.0 Å². The molecule has 10 atom stereocenters. The minimum Gasteiger partial charge on any atom is -0.365 e. The second kappa shape index (κ2) is 5.70. The van der Waals surface area contributed by atoms with Crippen LogP contribution in [-0.4, -0.2) is 22.8 Å². The lowest BCUT2D eigenvalue weighted by molar-refractivity contribution is -0.204. The van der Waals surface area contributed by atoms with Crippen molar-refractivity contribution in [2.24, 2.45) is 46.8 Å². The Bertz CT molecular complexity index is 796. The van der Waals surface area contributed by atoms with Crippen LogP contribution in [0.2, 0.25) is 0 Å². The molecule has 0 amide bonds. The van der Waals surface area contributed by atoms with Crippen LogP contribution in [0.25, 0.3) is 0 Å². The molecule has 28 heavy (non-hydrogen) atoms. The van der Waals surface area contributed by atoms with E-state index in [0.717, 1.165) is 31.6 Å². The van der Waals surface area contributed by atoms with Gasteiger partial charge in [-0.05, 0) is 92.1 Å². The minimum atomic E-state index is -0.735. The van der Waals surface area contributed by atoms with Crippen molar-refractivity contribution >= 4 is 5.78 Å². The van der Waals surface area contributed by atoms with E-state index in [9.17, 15) is 9.90 Å². The Balaban J connectivity index is 1.44. The van der Waals surface area contributed by atoms with Gasteiger partial charge in [0.15, 0.2) is 12.1 Å². The van der Waals surface area contributed by atoms with E-state index in [0.29, 0.717) is 41.3 Å². The van der Waals surface area contributed by atoms with Crippen LogP contribution in [-0.2, 0) is 9.53 Å². The molecule has 150 valence electrons. The molecule has 1 N–H and O–H groups in total. The number of rotatable bonds is 2. The van der Waals surface area contributed by atoms with Crippen molar-refractivity contribution in [1.29, 1.82) is 0 Å². The Morgan fingerprint density at radius 1 is 1.36 bits per heavy atom. The Morgan fingerprint density at radius 3 is 2.93 bits per heavy atom. The molecule has 1 heterocycles. The highest BCUT2D eigenvalue weighted by atomic mass is 16.6. The van der Waals surface area contributed by atoms with E-state index in [1.165, 1.54) is 24.8 Å². The molecule has 4 fully saturated rings. The molecule has 3 nitrogen and oxygen atoms in total. The van der Waals surface area contributed by atoms with Gasteiger partial charge in [-0.25, -0.2) is 0 Å². The van der Waals surface area contributed by atoms with Gasteiger partial charge in [-0.3, -0.25) is 4.79 Å². The molecule has 0 saturated heterocycles. The Kier molecular flexibility index (Phi) is 3.59. The van der Waals surface area contributed by atoms with Crippen LogP contribution >= 0.6 is 0 Å². The highest BCUT2D eigenvalue weighted by Crippen LogP contribution is 2.79. The molecule has 3 heteroatoms. The van der Waals surface area contributed by atoms with Gasteiger partial charge in [-0.1, -0.05) is 24.6 Å². The van der Waals surface area contributed by atoms with E-state index in [1.807, 2.05) is 12.2 Å². The highest BCUT2D eigenvalue weighted by Gasteiger charge is 2.78. The summed E-state index contributed by atoms with van der Waals surface area (Å²) in [6, 6.07) is 0. The molecule has 6 rings (SSSR count). The van der Waals surface area contributed by atoms with Crippen molar-refractivity contribution in [1.82, 2.24) is 0 Å². The number of hydrogen-bond donors (Lipinski definition) is 1. The molecule has 6 aliphatic rings. The van der Waals surface area contributed by atoms with Crippen molar-refractivity contribution in [3.63, 3.8) is 0 Å². The van der Waals surface area contributed by atoms with E-state index >= 15 is 0 Å². The summed E-state index contributed by atoms with van der Waals surface area (Å²) in [5.41, 5.74) is 1.33. The average Bonchev–Trinajstić information content (AvgIpc) is 3.34. The monoisotopic (exact) mass is 380 g/mol. The number of carbonyl (C=O) groups is 1. The maximum Gasteiger partial charge on any atom is 0.175 e. The van der Waals surface area contributed by atoms with E-state index in [2.05, 4.69) is 25.7 Å². The first-order valence-corrected chi connectivity index (χ1v) is 11.5. The molecule has 5 aliphatic carbocycles. The summed E-state index contributed by atoms with van der Waals surface area (Å²) in [6.07, 6.45) is 15.2. The van der Waals surface area contributed by atoms with Crippen LogP contribution in [0.15, 0.2) is 36.5 Å². The van der Waals surface area contributed by atoms with Gasteiger partial charge in [0.1, 0.15) is 0 Å². The van der Waals surface area contributed by atoms with Gasteiger partial charge in [0.2, 0.25) is 0 Å². The smallest absolute Gasteiger partial charge is 0.175 e. The SMILES string of the molecule is C=C[C@@H]1CC2=CC(=O)CC[C@@H]2C2CC[C@@]3(CC)C(C21)[C@@H]1C[C@@H]1[C@@]31C=CC(O)O1. The van der Waals surface area contributed by atoms with Crippen molar-refractivity contribution < 1.29 is 14.6 Å². The molecule has 1 spiro atoms. The molecule has 0 aromatic carbocycles. The summed E-state index contributed by atoms with van der Waals surface area (Å²) >= 11 is 0. The molecule has 0 aromatic heterocycles. The zero-order valence-electron chi connectivity index (χ0n) is 16.8. The van der Waals surface area contributed by atoms with E-state index in [1.54, 1.807) is 0 Å².